The first-order valence-corrected chi connectivity index (χ1v) is 7.88. The first kappa shape index (κ1) is 16.0. The largest absolute Gasteiger partial charge is 0.383 e. The molecule has 1 unspecified atom stereocenters. The fourth-order valence-electron chi connectivity index (χ4n) is 2.87. The number of methoxy groups -OCH3 is 1. The van der Waals surface area contributed by atoms with E-state index in [4.69, 9.17) is 4.74 Å². The molecule has 0 heterocycles. The number of nitrogens with one attached hydrogen (secondary N) is 2. The lowest BCUT2D eigenvalue weighted by Crippen LogP contribution is -2.31. The van der Waals surface area contributed by atoms with Gasteiger partial charge in [-0.2, -0.15) is 0 Å². The Morgan fingerprint density at radius 1 is 1.29 bits per heavy atom. The van der Waals surface area contributed by atoms with Gasteiger partial charge in [0.1, 0.15) is 0 Å². The highest BCUT2D eigenvalue weighted by atomic mass is 16.5. The van der Waals surface area contributed by atoms with Gasteiger partial charge in [-0.3, -0.25) is 4.79 Å². The van der Waals surface area contributed by atoms with Crippen molar-refractivity contribution in [2.45, 2.75) is 38.1 Å². The van der Waals surface area contributed by atoms with E-state index < -0.39 is 0 Å². The van der Waals surface area contributed by atoms with E-state index in [0.29, 0.717) is 25.6 Å². The number of fused-ring (bicyclic) bond motifs is 1. The average Bonchev–Trinajstić information content (AvgIpc) is 2.70. The third-order valence-corrected chi connectivity index (χ3v) is 3.99. The van der Waals surface area contributed by atoms with Crippen molar-refractivity contribution in [2.24, 2.45) is 0 Å². The fourth-order valence-corrected chi connectivity index (χ4v) is 2.87. The molecule has 0 radical (unpaired) electrons. The molecular formula is C17H26N2O2. The zero-order chi connectivity index (χ0) is 14.9. The van der Waals surface area contributed by atoms with E-state index >= 15 is 0 Å². The van der Waals surface area contributed by atoms with Crippen LogP contribution < -0.4 is 10.6 Å². The molecule has 1 aliphatic rings. The van der Waals surface area contributed by atoms with Gasteiger partial charge in [-0.05, 0) is 30.4 Å². The van der Waals surface area contributed by atoms with E-state index in [-0.39, 0.29) is 5.91 Å². The molecule has 0 fully saturated rings. The Labute approximate surface area is 127 Å². The predicted octanol–water partition coefficient (Wildman–Crippen LogP) is 2.20. The Balaban J connectivity index is 1.79. The molecule has 2 N–H and O–H groups in total. The SMILES string of the molecule is COCCNC(=O)CCNC1CCCCc2ccccc21. The standard InChI is InChI=1S/C17H26N2O2/c1-21-13-12-19-17(20)10-11-18-16-9-5-3-7-14-6-2-4-8-15(14)16/h2,4,6,8,16,18H,3,5,7,9-13H2,1H3,(H,19,20). The maximum absolute atomic E-state index is 11.7. The summed E-state index contributed by atoms with van der Waals surface area (Å²) in [5, 5.41) is 6.40. The summed E-state index contributed by atoms with van der Waals surface area (Å²) in [5.74, 6) is 0.0847. The highest BCUT2D eigenvalue weighted by molar-refractivity contribution is 5.76. The number of hydrogen-bond acceptors (Lipinski definition) is 3. The Bertz CT molecular complexity index is 448. The van der Waals surface area contributed by atoms with Crippen LogP contribution in [0.15, 0.2) is 24.3 Å². The van der Waals surface area contributed by atoms with Gasteiger partial charge in [0.05, 0.1) is 6.61 Å². The summed E-state index contributed by atoms with van der Waals surface area (Å²) in [7, 11) is 1.64. The van der Waals surface area contributed by atoms with E-state index in [1.807, 2.05) is 0 Å². The first-order chi connectivity index (χ1) is 10.3. The highest BCUT2D eigenvalue weighted by Crippen LogP contribution is 2.28. The third-order valence-electron chi connectivity index (χ3n) is 3.99. The van der Waals surface area contributed by atoms with E-state index in [9.17, 15) is 4.79 Å². The smallest absolute Gasteiger partial charge is 0.221 e. The van der Waals surface area contributed by atoms with Crippen molar-refractivity contribution in [3.05, 3.63) is 35.4 Å². The molecule has 0 aromatic heterocycles. The second-order valence-corrected chi connectivity index (χ2v) is 5.54. The molecule has 4 nitrogen and oxygen atoms in total. The molecule has 116 valence electrons. The van der Waals surface area contributed by atoms with Gasteiger partial charge in [0.2, 0.25) is 5.91 Å². The average molecular weight is 290 g/mol. The number of ether oxygens (including phenoxy) is 1. The van der Waals surface area contributed by atoms with Crippen LogP contribution >= 0.6 is 0 Å². The van der Waals surface area contributed by atoms with Crippen molar-refractivity contribution in [1.29, 1.82) is 0 Å². The molecule has 0 spiro atoms. The van der Waals surface area contributed by atoms with E-state index in [1.54, 1.807) is 7.11 Å². The molecule has 0 bridgehead atoms. The maximum atomic E-state index is 11.7. The monoisotopic (exact) mass is 290 g/mol. The number of hydrogen-bond donors (Lipinski definition) is 2. The Morgan fingerprint density at radius 3 is 3.00 bits per heavy atom. The number of carbonyl (C=O) groups is 1. The molecule has 0 aliphatic heterocycles. The lowest BCUT2D eigenvalue weighted by Gasteiger charge is -2.19. The molecule has 4 heteroatoms. The second kappa shape index (κ2) is 8.80. The van der Waals surface area contributed by atoms with E-state index in [2.05, 4.69) is 34.9 Å². The molecule has 0 saturated heterocycles. The van der Waals surface area contributed by atoms with Crippen molar-refractivity contribution in [1.82, 2.24) is 10.6 Å². The topological polar surface area (TPSA) is 50.4 Å². The fraction of sp³-hybridized carbons (Fsp3) is 0.588. The van der Waals surface area contributed by atoms with Crippen LogP contribution in [0.3, 0.4) is 0 Å². The lowest BCUT2D eigenvalue weighted by atomic mass is 9.99. The van der Waals surface area contributed by atoms with Crippen LogP contribution in [-0.4, -0.2) is 32.7 Å². The van der Waals surface area contributed by atoms with Gasteiger partial charge in [0.15, 0.2) is 0 Å². The van der Waals surface area contributed by atoms with E-state index in [0.717, 1.165) is 13.0 Å². The molecule has 1 atom stereocenters. The molecule has 1 amide bonds. The molecule has 1 aliphatic carbocycles. The van der Waals surface area contributed by atoms with Gasteiger partial charge in [-0.25, -0.2) is 0 Å². The zero-order valence-electron chi connectivity index (χ0n) is 12.9. The number of aryl methyl sites for hydroxylation is 1. The normalized spacial score (nSPS) is 17.9. The van der Waals surface area contributed by atoms with Crippen molar-refractivity contribution >= 4 is 5.91 Å². The van der Waals surface area contributed by atoms with Crippen LogP contribution in [0.2, 0.25) is 0 Å². The lowest BCUT2D eigenvalue weighted by molar-refractivity contribution is -0.121. The molecule has 2 rings (SSSR count). The van der Waals surface area contributed by atoms with Crippen molar-refractivity contribution < 1.29 is 9.53 Å². The summed E-state index contributed by atoms with van der Waals surface area (Å²) < 4.78 is 4.91. The quantitative estimate of drug-likeness (QED) is 0.598. The van der Waals surface area contributed by atoms with Gasteiger partial charge in [0, 0.05) is 32.7 Å². The van der Waals surface area contributed by atoms with Crippen LogP contribution in [-0.2, 0) is 16.0 Å². The van der Waals surface area contributed by atoms with Crippen LogP contribution in [0.25, 0.3) is 0 Å². The van der Waals surface area contributed by atoms with Crippen molar-refractivity contribution in [3.8, 4) is 0 Å². The summed E-state index contributed by atoms with van der Waals surface area (Å²) in [6, 6.07) is 9.06. The van der Waals surface area contributed by atoms with Crippen LogP contribution in [0, 0.1) is 0 Å². The van der Waals surface area contributed by atoms with Gasteiger partial charge in [0.25, 0.3) is 0 Å². The molecule has 1 aromatic carbocycles. The molecule has 21 heavy (non-hydrogen) atoms. The van der Waals surface area contributed by atoms with Crippen molar-refractivity contribution in [3.63, 3.8) is 0 Å². The van der Waals surface area contributed by atoms with Crippen LogP contribution in [0.5, 0.6) is 0 Å². The minimum atomic E-state index is 0.0847. The number of carbonyl (C=O) groups excluding carboxylic acids is 1. The zero-order valence-corrected chi connectivity index (χ0v) is 12.9. The molecule has 0 saturated carbocycles. The predicted molar refractivity (Wildman–Crippen MR) is 84.2 cm³/mol. The Hall–Kier alpha value is -1.39. The third kappa shape index (κ3) is 5.14. The number of rotatable bonds is 7. The van der Waals surface area contributed by atoms with Gasteiger partial charge < -0.3 is 15.4 Å². The van der Waals surface area contributed by atoms with Gasteiger partial charge in [-0.1, -0.05) is 30.7 Å². The Morgan fingerprint density at radius 2 is 2.14 bits per heavy atom. The van der Waals surface area contributed by atoms with Crippen molar-refractivity contribution in [2.75, 3.05) is 26.8 Å². The van der Waals surface area contributed by atoms with Gasteiger partial charge >= 0.3 is 0 Å². The van der Waals surface area contributed by atoms with E-state index in [1.165, 1.54) is 30.4 Å². The minimum absolute atomic E-state index is 0.0847. The summed E-state index contributed by atoms with van der Waals surface area (Å²) in [4.78, 5) is 11.7. The second-order valence-electron chi connectivity index (χ2n) is 5.54. The van der Waals surface area contributed by atoms with Crippen LogP contribution in [0.4, 0.5) is 0 Å². The Kier molecular flexibility index (Phi) is 6.70. The minimum Gasteiger partial charge on any atom is -0.383 e. The highest BCUT2D eigenvalue weighted by Gasteiger charge is 2.17. The van der Waals surface area contributed by atoms with Gasteiger partial charge in [-0.15, -0.1) is 0 Å². The summed E-state index contributed by atoms with van der Waals surface area (Å²) in [5.41, 5.74) is 2.87. The number of benzene rings is 1. The summed E-state index contributed by atoms with van der Waals surface area (Å²) in [6.07, 6.45) is 5.34. The number of amides is 1. The van der Waals surface area contributed by atoms with Crippen LogP contribution in [0.1, 0.15) is 42.9 Å². The summed E-state index contributed by atoms with van der Waals surface area (Å²) in [6.45, 7) is 1.87. The molecule has 1 aromatic rings. The molecular weight excluding hydrogens is 264 g/mol. The first-order valence-electron chi connectivity index (χ1n) is 7.88. The summed E-state index contributed by atoms with van der Waals surface area (Å²) >= 11 is 0. The maximum Gasteiger partial charge on any atom is 0.221 e.